The zero-order valence-electron chi connectivity index (χ0n) is 10.2. The second-order valence-electron chi connectivity index (χ2n) is 4.24. The first kappa shape index (κ1) is 11.9. The third-order valence-electron chi connectivity index (χ3n) is 3.01. The van der Waals surface area contributed by atoms with Gasteiger partial charge in [-0.05, 0) is 17.2 Å². The summed E-state index contributed by atoms with van der Waals surface area (Å²) in [5.41, 5.74) is 3.25. The Morgan fingerprint density at radius 1 is 0.789 bits per heavy atom. The lowest BCUT2D eigenvalue weighted by atomic mass is 10.1. The van der Waals surface area contributed by atoms with E-state index in [0.717, 1.165) is 32.7 Å². The largest absolute Gasteiger partial charge is 0.297 e. The summed E-state index contributed by atoms with van der Waals surface area (Å²) in [7, 11) is 0. The van der Waals surface area contributed by atoms with E-state index in [1.165, 1.54) is 11.3 Å². The van der Waals surface area contributed by atoms with Crippen molar-refractivity contribution in [1.82, 2.24) is 0 Å². The highest BCUT2D eigenvalue weighted by molar-refractivity contribution is 7.17. The van der Waals surface area contributed by atoms with Crippen molar-refractivity contribution >= 4 is 17.6 Å². The second-order valence-corrected chi connectivity index (χ2v) is 5.32. The van der Waals surface area contributed by atoms with Crippen LogP contribution in [-0.2, 0) is 0 Å². The van der Waals surface area contributed by atoms with Gasteiger partial charge < -0.3 is 0 Å². The Balaban J connectivity index is 2.12. The molecule has 0 aliphatic rings. The zero-order chi connectivity index (χ0) is 13.1. The molecule has 0 bridgehead atoms. The number of hydrogen-bond acceptors (Lipinski definition) is 2. The van der Waals surface area contributed by atoms with Crippen LogP contribution >= 0.6 is 11.3 Å². The molecule has 2 heteroatoms. The summed E-state index contributed by atoms with van der Waals surface area (Å²) in [4.78, 5) is 13.2. The van der Waals surface area contributed by atoms with E-state index in [-0.39, 0.29) is 0 Å². The molecule has 0 atom stereocenters. The number of benzene rings is 2. The summed E-state index contributed by atoms with van der Waals surface area (Å²) < 4.78 is 0. The first-order valence-corrected chi connectivity index (χ1v) is 6.90. The molecule has 0 amide bonds. The molecule has 19 heavy (non-hydrogen) atoms. The van der Waals surface area contributed by atoms with E-state index in [2.05, 4.69) is 18.2 Å². The summed E-state index contributed by atoms with van der Waals surface area (Å²) >= 11 is 1.54. The highest BCUT2D eigenvalue weighted by Crippen LogP contribution is 2.36. The quantitative estimate of drug-likeness (QED) is 0.615. The maximum Gasteiger partial charge on any atom is 0.160 e. The fourth-order valence-electron chi connectivity index (χ4n) is 2.08. The summed E-state index contributed by atoms with van der Waals surface area (Å²) in [5, 5.41) is 0. The van der Waals surface area contributed by atoms with Gasteiger partial charge in [-0.25, -0.2) is 0 Å². The standard InChI is InChI=1S/C17H12OS/c18-12-17-15(13-7-3-1-4-8-13)11-16(19-17)14-9-5-2-6-10-14/h1-12H. The SMILES string of the molecule is O=Cc1sc(-c2ccccc2)cc1-c1ccccc1. The molecule has 92 valence electrons. The van der Waals surface area contributed by atoms with Crippen LogP contribution in [0.15, 0.2) is 66.7 Å². The molecule has 0 saturated carbocycles. The lowest BCUT2D eigenvalue weighted by Gasteiger charge is -1.97. The molecule has 0 saturated heterocycles. The Bertz CT molecular complexity index is 684. The fraction of sp³-hybridized carbons (Fsp3) is 0. The molecule has 0 radical (unpaired) electrons. The van der Waals surface area contributed by atoms with Gasteiger partial charge in [0, 0.05) is 10.4 Å². The van der Waals surface area contributed by atoms with E-state index < -0.39 is 0 Å². The van der Waals surface area contributed by atoms with Gasteiger partial charge in [-0.1, -0.05) is 60.7 Å². The highest BCUT2D eigenvalue weighted by atomic mass is 32.1. The Hall–Kier alpha value is -2.19. The van der Waals surface area contributed by atoms with E-state index in [1.807, 2.05) is 48.5 Å². The van der Waals surface area contributed by atoms with Gasteiger partial charge in [-0.15, -0.1) is 11.3 Å². The first-order chi connectivity index (χ1) is 9.38. The number of carbonyl (C=O) groups excluding carboxylic acids is 1. The summed E-state index contributed by atoms with van der Waals surface area (Å²) in [5.74, 6) is 0. The van der Waals surface area contributed by atoms with Crippen LogP contribution in [0.25, 0.3) is 21.6 Å². The molecule has 3 aromatic rings. The van der Waals surface area contributed by atoms with Crippen molar-refractivity contribution in [2.24, 2.45) is 0 Å². The van der Waals surface area contributed by atoms with E-state index in [9.17, 15) is 4.79 Å². The Morgan fingerprint density at radius 2 is 1.37 bits per heavy atom. The number of aldehydes is 1. The van der Waals surface area contributed by atoms with E-state index in [4.69, 9.17) is 0 Å². The number of carbonyl (C=O) groups is 1. The molecule has 0 fully saturated rings. The Morgan fingerprint density at radius 3 is 1.95 bits per heavy atom. The number of hydrogen-bond donors (Lipinski definition) is 0. The summed E-state index contributed by atoms with van der Waals surface area (Å²) in [6.07, 6.45) is 0.944. The van der Waals surface area contributed by atoms with Crippen LogP contribution in [0.3, 0.4) is 0 Å². The maximum atomic E-state index is 11.3. The van der Waals surface area contributed by atoms with E-state index >= 15 is 0 Å². The molecule has 1 aromatic heterocycles. The molecule has 0 aliphatic heterocycles. The number of thiophene rings is 1. The predicted octanol–water partition coefficient (Wildman–Crippen LogP) is 4.89. The van der Waals surface area contributed by atoms with Crippen LogP contribution < -0.4 is 0 Å². The first-order valence-electron chi connectivity index (χ1n) is 6.08. The molecule has 0 spiro atoms. The van der Waals surface area contributed by atoms with Crippen molar-refractivity contribution < 1.29 is 4.79 Å². The Labute approximate surface area is 116 Å². The molecular formula is C17H12OS. The van der Waals surface area contributed by atoms with Crippen molar-refractivity contribution in [2.75, 3.05) is 0 Å². The molecular weight excluding hydrogens is 252 g/mol. The third kappa shape index (κ3) is 2.35. The lowest BCUT2D eigenvalue weighted by molar-refractivity contribution is 0.112. The van der Waals surface area contributed by atoms with Gasteiger partial charge >= 0.3 is 0 Å². The molecule has 1 nitrogen and oxygen atoms in total. The third-order valence-corrected chi connectivity index (χ3v) is 4.12. The van der Waals surface area contributed by atoms with Crippen molar-refractivity contribution in [3.63, 3.8) is 0 Å². The van der Waals surface area contributed by atoms with Gasteiger partial charge in [0.15, 0.2) is 6.29 Å². The van der Waals surface area contributed by atoms with Gasteiger partial charge in [0.2, 0.25) is 0 Å². The van der Waals surface area contributed by atoms with Crippen LogP contribution in [0.5, 0.6) is 0 Å². The minimum atomic E-state index is 0.782. The monoisotopic (exact) mass is 264 g/mol. The highest BCUT2D eigenvalue weighted by Gasteiger charge is 2.11. The van der Waals surface area contributed by atoms with Gasteiger partial charge in [0.05, 0.1) is 4.88 Å². The topological polar surface area (TPSA) is 17.1 Å². The smallest absolute Gasteiger partial charge is 0.160 e. The van der Waals surface area contributed by atoms with Crippen molar-refractivity contribution in [2.45, 2.75) is 0 Å². The van der Waals surface area contributed by atoms with E-state index in [1.54, 1.807) is 0 Å². The predicted molar refractivity (Wildman–Crippen MR) is 80.6 cm³/mol. The lowest BCUT2D eigenvalue weighted by Crippen LogP contribution is -1.78. The van der Waals surface area contributed by atoms with Crippen molar-refractivity contribution in [3.05, 3.63) is 71.6 Å². The van der Waals surface area contributed by atoms with Crippen LogP contribution in [0, 0.1) is 0 Å². The van der Waals surface area contributed by atoms with Gasteiger partial charge in [-0.3, -0.25) is 4.79 Å². The fourth-order valence-corrected chi connectivity index (χ4v) is 3.08. The summed E-state index contributed by atoms with van der Waals surface area (Å²) in [6.45, 7) is 0. The van der Waals surface area contributed by atoms with Gasteiger partial charge in [0.25, 0.3) is 0 Å². The Kier molecular flexibility index (Phi) is 3.25. The maximum absolute atomic E-state index is 11.3. The molecule has 2 aromatic carbocycles. The second kappa shape index (κ2) is 5.21. The average Bonchev–Trinajstić information content (AvgIpc) is 2.93. The molecule has 0 unspecified atom stereocenters. The molecule has 0 N–H and O–H groups in total. The minimum Gasteiger partial charge on any atom is -0.297 e. The average molecular weight is 264 g/mol. The van der Waals surface area contributed by atoms with Crippen molar-refractivity contribution in [1.29, 1.82) is 0 Å². The molecule has 0 aliphatic carbocycles. The molecule has 3 rings (SSSR count). The van der Waals surface area contributed by atoms with E-state index in [0.29, 0.717) is 0 Å². The normalized spacial score (nSPS) is 10.3. The zero-order valence-corrected chi connectivity index (χ0v) is 11.1. The van der Waals surface area contributed by atoms with Crippen LogP contribution in [0.1, 0.15) is 9.67 Å². The van der Waals surface area contributed by atoms with Gasteiger partial charge in [0.1, 0.15) is 0 Å². The van der Waals surface area contributed by atoms with Gasteiger partial charge in [-0.2, -0.15) is 0 Å². The number of rotatable bonds is 3. The van der Waals surface area contributed by atoms with Crippen LogP contribution in [-0.4, -0.2) is 6.29 Å². The summed E-state index contributed by atoms with van der Waals surface area (Å²) in [6, 6.07) is 22.3. The van der Waals surface area contributed by atoms with Crippen LogP contribution in [0.4, 0.5) is 0 Å². The van der Waals surface area contributed by atoms with Crippen molar-refractivity contribution in [3.8, 4) is 21.6 Å². The van der Waals surface area contributed by atoms with Crippen LogP contribution in [0.2, 0.25) is 0 Å². The minimum absolute atomic E-state index is 0.782. The molecule has 1 heterocycles.